The van der Waals surface area contributed by atoms with Gasteiger partial charge in [-0.25, -0.2) is 4.98 Å². The van der Waals surface area contributed by atoms with Gasteiger partial charge in [-0.1, -0.05) is 101 Å². The number of aromatic nitrogens is 2. The number of carbonyl (C=O) groups excluding carboxylic acids is 1. The molecule has 1 atom stereocenters. The maximum atomic E-state index is 12.4. The number of ketones is 1. The lowest BCUT2D eigenvalue weighted by atomic mass is 9.87. The van der Waals surface area contributed by atoms with Crippen molar-refractivity contribution in [2.75, 3.05) is 6.61 Å². The molecule has 2 aromatic carbocycles. The Labute approximate surface area is 213 Å². The minimum absolute atomic E-state index is 0.0716. The van der Waals surface area contributed by atoms with Gasteiger partial charge in [0.25, 0.3) is 0 Å². The van der Waals surface area contributed by atoms with E-state index in [1.54, 1.807) is 13.1 Å². The average Bonchev–Trinajstić information content (AvgIpc) is 3.20. The van der Waals surface area contributed by atoms with Gasteiger partial charge in [-0.3, -0.25) is 9.36 Å². The maximum Gasteiger partial charge on any atom is 0.240 e. The second-order valence-corrected chi connectivity index (χ2v) is 19.4. The van der Waals surface area contributed by atoms with Crippen molar-refractivity contribution in [1.29, 1.82) is 0 Å². The van der Waals surface area contributed by atoms with E-state index in [4.69, 9.17) is 9.16 Å². The molecule has 0 aliphatic rings. The molecule has 188 valence electrons. The average molecular weight is 509 g/mol. The molecule has 1 unspecified atom stereocenters. The molecule has 0 spiro atoms. The fourth-order valence-electron chi connectivity index (χ4n) is 4.01. The number of ether oxygens (including phenoxy) is 1. The Morgan fingerprint density at radius 3 is 2.00 bits per heavy atom. The molecule has 0 bridgehead atoms. The molecular weight excluding hydrogens is 468 g/mol. The minimum Gasteiger partial charge on any atom is -0.402 e. The van der Waals surface area contributed by atoms with Crippen molar-refractivity contribution in [2.24, 2.45) is 5.41 Å². The van der Waals surface area contributed by atoms with Crippen molar-refractivity contribution in [1.82, 2.24) is 9.55 Å². The Balaban J connectivity index is 1.99. The van der Waals surface area contributed by atoms with Crippen LogP contribution in [0.15, 0.2) is 66.9 Å². The summed E-state index contributed by atoms with van der Waals surface area (Å²) in [5.41, 5.74) is 0.666. The summed E-state index contributed by atoms with van der Waals surface area (Å²) in [4.78, 5) is 17.0. The maximum absolute atomic E-state index is 12.4. The first-order chi connectivity index (χ1) is 16.5. The van der Waals surface area contributed by atoms with E-state index in [2.05, 4.69) is 93.9 Å². The van der Waals surface area contributed by atoms with Crippen LogP contribution < -0.4 is 10.4 Å². The number of hydrogen-bond donors (Lipinski definition) is 0. The third kappa shape index (κ3) is 7.58. The zero-order chi connectivity index (χ0) is 25.6. The lowest BCUT2D eigenvalue weighted by Gasteiger charge is -2.35. The largest absolute Gasteiger partial charge is 0.402 e. The molecule has 0 N–H and O–H groups in total. The number of rotatable bonds is 11. The predicted octanol–water partition coefficient (Wildman–Crippen LogP) is 5.04. The summed E-state index contributed by atoms with van der Waals surface area (Å²) in [7, 11) is -3.24. The Bertz CT molecular complexity index is 1050. The molecule has 0 aliphatic heterocycles. The summed E-state index contributed by atoms with van der Waals surface area (Å²) in [5.74, 6) is 0.348. The number of carbonyl (C=O) groups is 1. The van der Waals surface area contributed by atoms with E-state index in [-0.39, 0.29) is 17.3 Å². The first-order valence-corrected chi connectivity index (χ1v) is 17.7. The van der Waals surface area contributed by atoms with Crippen LogP contribution in [0.3, 0.4) is 0 Å². The van der Waals surface area contributed by atoms with Crippen LogP contribution in [-0.2, 0) is 15.9 Å². The molecule has 0 saturated carbocycles. The number of hydrogen-bond acceptors (Lipinski definition) is 4. The van der Waals surface area contributed by atoms with E-state index in [0.717, 1.165) is 11.7 Å². The van der Waals surface area contributed by atoms with Crippen LogP contribution in [0.4, 0.5) is 0 Å². The summed E-state index contributed by atoms with van der Waals surface area (Å²) in [6.45, 7) is 16.1. The Hall–Kier alpha value is -2.33. The van der Waals surface area contributed by atoms with Gasteiger partial charge in [0, 0.05) is 21.6 Å². The summed E-state index contributed by atoms with van der Waals surface area (Å²) >= 11 is 0. The Kier molecular flexibility index (Phi) is 9.04. The van der Waals surface area contributed by atoms with Gasteiger partial charge in [-0.05, 0) is 21.8 Å². The molecule has 5 nitrogen and oxygen atoms in total. The van der Waals surface area contributed by atoms with Gasteiger partial charge in [0.05, 0.1) is 18.0 Å². The van der Waals surface area contributed by atoms with Crippen molar-refractivity contribution in [3.05, 3.63) is 78.4 Å². The number of imidazole rings is 1. The quantitative estimate of drug-likeness (QED) is 0.207. The zero-order valence-corrected chi connectivity index (χ0v) is 24.4. The van der Waals surface area contributed by atoms with Crippen molar-refractivity contribution < 1.29 is 14.0 Å². The smallest absolute Gasteiger partial charge is 0.240 e. The fraction of sp³-hybridized carbons (Fsp3) is 0.429. The SMILES string of the molecule is CC(=O)c1ncc(C(O[SiH](c2ccccc2)c2ccccc2)C(C)(C)C)n1COCC[Si](C)(C)C. The van der Waals surface area contributed by atoms with E-state index in [9.17, 15) is 4.79 Å². The number of benzene rings is 2. The molecule has 35 heavy (non-hydrogen) atoms. The van der Waals surface area contributed by atoms with Gasteiger partial charge in [0.2, 0.25) is 9.04 Å². The van der Waals surface area contributed by atoms with Gasteiger partial charge in [0.1, 0.15) is 6.73 Å². The molecule has 0 radical (unpaired) electrons. The van der Waals surface area contributed by atoms with Crippen molar-refractivity contribution in [2.45, 2.75) is 66.2 Å². The second-order valence-electron chi connectivity index (χ2n) is 11.4. The molecule has 0 saturated heterocycles. The van der Waals surface area contributed by atoms with Crippen LogP contribution in [0.5, 0.6) is 0 Å². The summed E-state index contributed by atoms with van der Waals surface area (Å²) in [6, 6.07) is 22.0. The standard InChI is InChI=1S/C28H40N2O3Si2/c1-22(31)27-29-20-25(30(27)21-32-18-19-35(5,6)7)26(28(2,3)4)33-34(23-14-10-8-11-15-23)24-16-12-9-13-17-24/h8-17,20,26,34H,18-19,21H2,1-7H3. The lowest BCUT2D eigenvalue weighted by molar-refractivity contribution is 0.0532. The highest BCUT2D eigenvalue weighted by molar-refractivity contribution is 6.80. The summed E-state index contributed by atoms with van der Waals surface area (Å²) in [5, 5.41) is 2.44. The van der Waals surface area contributed by atoms with E-state index >= 15 is 0 Å². The molecule has 3 rings (SSSR count). The van der Waals surface area contributed by atoms with Crippen LogP contribution in [0.25, 0.3) is 0 Å². The third-order valence-corrected chi connectivity index (χ3v) is 10.2. The van der Waals surface area contributed by atoms with Gasteiger partial charge in [-0.2, -0.15) is 0 Å². The van der Waals surface area contributed by atoms with E-state index in [1.165, 1.54) is 10.4 Å². The first kappa shape index (κ1) is 27.3. The van der Waals surface area contributed by atoms with Crippen molar-refractivity contribution >= 4 is 33.3 Å². The molecular formula is C28H40N2O3Si2. The molecule has 1 heterocycles. The monoisotopic (exact) mass is 508 g/mol. The van der Waals surface area contributed by atoms with Crippen LogP contribution in [0.2, 0.25) is 25.7 Å². The van der Waals surface area contributed by atoms with Gasteiger partial charge in [0.15, 0.2) is 11.6 Å². The summed E-state index contributed by atoms with van der Waals surface area (Å²) < 4.78 is 15.1. The lowest BCUT2D eigenvalue weighted by Crippen LogP contribution is -2.47. The number of nitrogens with zero attached hydrogens (tertiary/aromatic N) is 2. The Morgan fingerprint density at radius 2 is 1.54 bits per heavy atom. The minimum atomic E-state index is -2.03. The fourth-order valence-corrected chi connectivity index (χ4v) is 7.43. The van der Waals surface area contributed by atoms with Crippen LogP contribution in [0.1, 0.15) is 50.1 Å². The highest BCUT2D eigenvalue weighted by atomic mass is 28.3. The van der Waals surface area contributed by atoms with Crippen LogP contribution in [-0.4, -0.2) is 39.1 Å². The summed E-state index contributed by atoms with van der Waals surface area (Å²) in [6.07, 6.45) is 1.54. The topological polar surface area (TPSA) is 53.3 Å². The first-order valence-electron chi connectivity index (χ1n) is 12.4. The molecule has 0 amide bonds. The predicted molar refractivity (Wildman–Crippen MR) is 149 cm³/mol. The van der Waals surface area contributed by atoms with Crippen molar-refractivity contribution in [3.8, 4) is 0 Å². The highest BCUT2D eigenvalue weighted by Crippen LogP contribution is 2.37. The third-order valence-electron chi connectivity index (χ3n) is 5.95. The van der Waals surface area contributed by atoms with E-state index in [0.29, 0.717) is 19.2 Å². The molecule has 1 aromatic heterocycles. The van der Waals surface area contributed by atoms with E-state index in [1.807, 2.05) is 16.7 Å². The van der Waals surface area contributed by atoms with Crippen LogP contribution in [0, 0.1) is 5.41 Å². The van der Waals surface area contributed by atoms with Gasteiger partial charge >= 0.3 is 0 Å². The number of Topliss-reactive ketones (excluding diaryl/α,β-unsaturated/α-hetero) is 1. The zero-order valence-electron chi connectivity index (χ0n) is 22.2. The normalized spacial score (nSPS) is 13.3. The molecule has 0 aliphatic carbocycles. The van der Waals surface area contributed by atoms with Gasteiger partial charge < -0.3 is 9.16 Å². The van der Waals surface area contributed by atoms with E-state index < -0.39 is 17.1 Å². The molecule has 3 aromatic rings. The second kappa shape index (κ2) is 11.6. The Morgan fingerprint density at radius 1 is 1.00 bits per heavy atom. The van der Waals surface area contributed by atoms with Crippen molar-refractivity contribution in [3.63, 3.8) is 0 Å². The molecule has 0 fully saturated rings. The highest BCUT2D eigenvalue weighted by Gasteiger charge is 2.35. The van der Waals surface area contributed by atoms with Crippen LogP contribution >= 0.6 is 0 Å². The molecule has 7 heteroatoms. The van der Waals surface area contributed by atoms with Gasteiger partial charge in [-0.15, -0.1) is 0 Å².